The molecule has 0 aromatic heterocycles. The maximum absolute atomic E-state index is 7.00. The van der Waals surface area contributed by atoms with Crippen LogP contribution in [0.25, 0.3) is 0 Å². The van der Waals surface area contributed by atoms with Gasteiger partial charge in [-0.15, -0.1) is 0 Å². The summed E-state index contributed by atoms with van der Waals surface area (Å²) >= 11 is -3.94. The zero-order valence-corrected chi connectivity index (χ0v) is 25.3. The zero-order chi connectivity index (χ0) is 24.3. The summed E-state index contributed by atoms with van der Waals surface area (Å²) in [5.74, 6) is 0. The van der Waals surface area contributed by atoms with Crippen molar-refractivity contribution in [3.63, 3.8) is 0 Å². The van der Waals surface area contributed by atoms with Gasteiger partial charge in [-0.25, -0.2) is 0 Å². The van der Waals surface area contributed by atoms with Crippen LogP contribution in [-0.2, 0) is 0 Å². The predicted octanol–water partition coefficient (Wildman–Crippen LogP) is 1.97. The summed E-state index contributed by atoms with van der Waals surface area (Å²) in [4.78, 5) is 0. The van der Waals surface area contributed by atoms with Crippen LogP contribution in [0.3, 0.4) is 0 Å². The predicted molar refractivity (Wildman–Crippen MR) is 145 cm³/mol. The first-order valence-electron chi connectivity index (χ1n) is 10.7. The molecule has 4 aromatic rings. The summed E-state index contributed by atoms with van der Waals surface area (Å²) in [5, 5.41) is 21.0. The second-order valence-corrected chi connectivity index (χ2v) is 26.4. The van der Waals surface area contributed by atoms with Crippen molar-refractivity contribution >= 4 is 53.8 Å². The van der Waals surface area contributed by atoms with Crippen LogP contribution >= 0.6 is 0 Å². The molecular formula is C28H34O3Sn2. The zero-order valence-electron chi connectivity index (χ0n) is 19.6. The van der Waals surface area contributed by atoms with Gasteiger partial charge in [0.25, 0.3) is 0 Å². The Kier molecular flexibility index (Phi) is 16.7. The van der Waals surface area contributed by atoms with Crippen LogP contribution in [0.4, 0.5) is 0 Å². The Morgan fingerprint density at radius 3 is 0.727 bits per heavy atom. The van der Waals surface area contributed by atoms with Gasteiger partial charge in [-0.2, -0.15) is 0 Å². The number of benzene rings is 4. The molecule has 0 atom stereocenters. The van der Waals surface area contributed by atoms with Crippen molar-refractivity contribution in [1.82, 2.24) is 0 Å². The molecule has 2 radical (unpaired) electrons. The molecule has 3 N–H and O–H groups in total. The molecular weight excluding hydrogens is 622 g/mol. The fourth-order valence-corrected chi connectivity index (χ4v) is 37.9. The van der Waals surface area contributed by atoms with E-state index in [1.165, 1.54) is 2.45 Å². The first-order valence-corrected chi connectivity index (χ1v) is 20.4. The van der Waals surface area contributed by atoms with E-state index in [1.54, 1.807) is 14.3 Å². The Balaban J connectivity index is 0.000000841. The third-order valence-electron chi connectivity index (χ3n) is 4.84. The Hall–Kier alpha value is -1.64. The fraction of sp³-hybridized carbons (Fsp3) is 0.143. The molecule has 0 spiro atoms. The van der Waals surface area contributed by atoms with Gasteiger partial charge in [0.15, 0.2) is 0 Å². The van der Waals surface area contributed by atoms with Crippen LogP contribution in [0.2, 0.25) is 2.45 Å². The number of aliphatic hydroxyl groups excluding tert-OH is 3. The van der Waals surface area contributed by atoms with E-state index < -0.39 is 39.5 Å². The number of hydrogen-bond donors (Lipinski definition) is 3. The Labute approximate surface area is 212 Å². The van der Waals surface area contributed by atoms with Crippen molar-refractivity contribution in [2.75, 3.05) is 21.3 Å². The molecule has 4 rings (SSSR count). The van der Waals surface area contributed by atoms with E-state index in [2.05, 4.69) is 121 Å². The van der Waals surface area contributed by atoms with Gasteiger partial charge in [0.2, 0.25) is 0 Å². The van der Waals surface area contributed by atoms with Gasteiger partial charge >= 0.3 is 178 Å². The van der Waals surface area contributed by atoms with Crippen LogP contribution in [0, 0.1) is 0 Å². The molecule has 0 aliphatic rings. The third kappa shape index (κ3) is 9.63. The first kappa shape index (κ1) is 29.4. The molecule has 5 heteroatoms. The molecule has 0 saturated carbocycles. The molecule has 0 fully saturated rings. The molecule has 0 bridgehead atoms. The Morgan fingerprint density at radius 1 is 0.364 bits per heavy atom. The van der Waals surface area contributed by atoms with Crippen molar-refractivity contribution in [2.24, 2.45) is 0 Å². The van der Waals surface area contributed by atoms with Crippen LogP contribution in [-0.4, -0.2) is 76.2 Å². The molecule has 33 heavy (non-hydrogen) atoms. The number of aliphatic hydroxyl groups is 3. The van der Waals surface area contributed by atoms with Gasteiger partial charge in [0.1, 0.15) is 0 Å². The van der Waals surface area contributed by atoms with E-state index in [0.29, 0.717) is 0 Å². The van der Waals surface area contributed by atoms with E-state index in [4.69, 9.17) is 15.3 Å². The standard InChI is InChI=1S/4C6H5.3CH4O.CH2.2Sn/c4*1-2-4-6-5-3-1;3*1-2;;;/h4*1-5H;3*2H,1H3;1H2;;. The van der Waals surface area contributed by atoms with Gasteiger partial charge in [-0.3, -0.25) is 0 Å². The number of rotatable bonds is 6. The third-order valence-corrected chi connectivity index (χ3v) is 32.2. The normalized spacial score (nSPS) is 9.58. The summed E-state index contributed by atoms with van der Waals surface area (Å²) in [7, 11) is 3.00. The number of hydrogen-bond acceptors (Lipinski definition) is 3. The SMILES string of the molecule is CO.CO.CO.c1cc[c]([Sn]([CH2][Sn]([c]2ccccc2)[c]2ccccc2)[c]2ccccc2)cc1. The second-order valence-electron chi connectivity index (χ2n) is 6.60. The van der Waals surface area contributed by atoms with Crippen molar-refractivity contribution < 1.29 is 15.3 Å². The molecule has 0 aliphatic heterocycles. The summed E-state index contributed by atoms with van der Waals surface area (Å²) in [6.07, 6.45) is 0. The van der Waals surface area contributed by atoms with E-state index in [0.717, 1.165) is 21.3 Å². The van der Waals surface area contributed by atoms with Gasteiger partial charge in [-0.05, 0) is 0 Å². The van der Waals surface area contributed by atoms with Gasteiger partial charge in [0, 0.05) is 21.3 Å². The molecule has 4 aromatic carbocycles. The summed E-state index contributed by atoms with van der Waals surface area (Å²) < 4.78 is 7.92. The monoisotopic (exact) mass is 658 g/mol. The summed E-state index contributed by atoms with van der Waals surface area (Å²) in [6.45, 7) is 0. The van der Waals surface area contributed by atoms with Crippen molar-refractivity contribution in [3.8, 4) is 0 Å². The van der Waals surface area contributed by atoms with Gasteiger partial charge in [0.05, 0.1) is 0 Å². The summed E-state index contributed by atoms with van der Waals surface area (Å²) in [5.41, 5.74) is 0. The summed E-state index contributed by atoms with van der Waals surface area (Å²) in [6, 6.07) is 45.3. The van der Waals surface area contributed by atoms with Crippen molar-refractivity contribution in [1.29, 1.82) is 0 Å². The van der Waals surface area contributed by atoms with Gasteiger partial charge < -0.3 is 15.3 Å². The van der Waals surface area contributed by atoms with E-state index in [-0.39, 0.29) is 0 Å². The fourth-order valence-electron chi connectivity index (χ4n) is 3.48. The van der Waals surface area contributed by atoms with E-state index in [9.17, 15) is 0 Å². The Bertz CT molecular complexity index is 793. The topological polar surface area (TPSA) is 60.7 Å². The average molecular weight is 656 g/mol. The van der Waals surface area contributed by atoms with E-state index >= 15 is 0 Å². The molecule has 0 aliphatic carbocycles. The maximum atomic E-state index is 7.00. The van der Waals surface area contributed by atoms with Crippen LogP contribution < -0.4 is 14.3 Å². The van der Waals surface area contributed by atoms with Crippen LogP contribution in [0.5, 0.6) is 0 Å². The average Bonchev–Trinajstić information content (AvgIpc) is 2.94. The molecule has 0 unspecified atom stereocenters. The quantitative estimate of drug-likeness (QED) is 0.279. The minimum atomic E-state index is -1.97. The molecule has 0 heterocycles. The Morgan fingerprint density at radius 2 is 0.545 bits per heavy atom. The molecule has 172 valence electrons. The van der Waals surface area contributed by atoms with Gasteiger partial charge in [-0.1, -0.05) is 0 Å². The minimum absolute atomic E-state index is 1.00. The van der Waals surface area contributed by atoms with Crippen LogP contribution in [0.1, 0.15) is 0 Å². The van der Waals surface area contributed by atoms with Crippen molar-refractivity contribution in [3.05, 3.63) is 121 Å². The van der Waals surface area contributed by atoms with Crippen molar-refractivity contribution in [2.45, 2.75) is 2.45 Å². The molecule has 3 nitrogen and oxygen atoms in total. The second kappa shape index (κ2) is 18.7. The van der Waals surface area contributed by atoms with Crippen LogP contribution in [0.15, 0.2) is 121 Å². The molecule has 0 amide bonds. The van der Waals surface area contributed by atoms with E-state index in [1.807, 2.05) is 0 Å². The molecule has 0 saturated heterocycles. The first-order chi connectivity index (χ1) is 16.4.